The Hall–Kier alpha value is -2.72. The number of nitro benzene ring substituents is 1. The number of thiophene rings is 1. The molecule has 1 N–H and O–H groups in total. The summed E-state index contributed by atoms with van der Waals surface area (Å²) >= 11 is 1.55. The number of Topliss-reactive ketones (excluding diaryl/α,β-unsaturated/α-hetero) is 1. The van der Waals surface area contributed by atoms with Gasteiger partial charge in [0.05, 0.1) is 17.0 Å². The minimum Gasteiger partial charge on any atom is -0.368 e. The van der Waals surface area contributed by atoms with E-state index in [-0.39, 0.29) is 18.0 Å². The summed E-state index contributed by atoms with van der Waals surface area (Å²) in [5, 5.41) is 23.9. The molecule has 0 saturated heterocycles. The maximum absolute atomic E-state index is 12.2. The van der Waals surface area contributed by atoms with E-state index >= 15 is 0 Å². The van der Waals surface area contributed by atoms with Crippen molar-refractivity contribution in [2.45, 2.75) is 25.7 Å². The number of carbonyl (C=O) groups excluding carboxylic acids is 1. The molecule has 1 heterocycles. The van der Waals surface area contributed by atoms with E-state index < -0.39 is 4.92 Å². The van der Waals surface area contributed by atoms with Crippen molar-refractivity contribution in [2.75, 3.05) is 11.9 Å². The number of nitro groups is 1. The van der Waals surface area contributed by atoms with Crippen LogP contribution >= 0.6 is 11.3 Å². The van der Waals surface area contributed by atoms with Crippen LogP contribution in [0.15, 0.2) is 24.3 Å². The summed E-state index contributed by atoms with van der Waals surface area (Å²) in [5.74, 6) is -0.167. The number of hydrogen-bond acceptors (Lipinski definition) is 6. The summed E-state index contributed by atoms with van der Waals surface area (Å²) in [7, 11) is 0. The highest BCUT2D eigenvalue weighted by Crippen LogP contribution is 2.37. The molecule has 0 aliphatic heterocycles. The number of rotatable bonds is 5. The maximum atomic E-state index is 12.2. The molecule has 0 spiro atoms. The molecular formula is C17H15N3O3S. The van der Waals surface area contributed by atoms with Crippen molar-refractivity contribution in [2.24, 2.45) is 0 Å². The van der Waals surface area contributed by atoms with Gasteiger partial charge in [0, 0.05) is 22.6 Å². The number of nitriles is 1. The van der Waals surface area contributed by atoms with Crippen LogP contribution in [0.2, 0.25) is 0 Å². The zero-order valence-corrected chi connectivity index (χ0v) is 13.7. The predicted molar refractivity (Wildman–Crippen MR) is 91.6 cm³/mol. The zero-order chi connectivity index (χ0) is 17.1. The van der Waals surface area contributed by atoms with E-state index in [0.717, 1.165) is 36.2 Å². The van der Waals surface area contributed by atoms with Crippen molar-refractivity contribution < 1.29 is 9.72 Å². The maximum Gasteiger partial charge on any atom is 0.269 e. The third-order valence-electron chi connectivity index (χ3n) is 4.09. The predicted octanol–water partition coefficient (Wildman–Crippen LogP) is 3.70. The lowest BCUT2D eigenvalue weighted by Gasteiger charge is -2.09. The second-order valence-electron chi connectivity index (χ2n) is 5.61. The molecule has 0 atom stereocenters. The third-order valence-corrected chi connectivity index (χ3v) is 5.34. The van der Waals surface area contributed by atoms with Gasteiger partial charge in [0.15, 0.2) is 5.78 Å². The van der Waals surface area contributed by atoms with E-state index in [1.165, 1.54) is 29.1 Å². The van der Waals surface area contributed by atoms with Crippen LogP contribution in [0.3, 0.4) is 0 Å². The monoisotopic (exact) mass is 341 g/mol. The zero-order valence-electron chi connectivity index (χ0n) is 12.9. The fourth-order valence-electron chi connectivity index (χ4n) is 2.84. The number of non-ortho nitro benzene ring substituents is 1. The number of ketones is 1. The summed E-state index contributed by atoms with van der Waals surface area (Å²) in [5.41, 5.74) is 2.15. The molecule has 0 amide bonds. The summed E-state index contributed by atoms with van der Waals surface area (Å²) in [6.07, 6.45) is 4.15. The molecule has 0 fully saturated rings. The molecule has 2 aromatic rings. The Morgan fingerprint density at radius 2 is 2.00 bits per heavy atom. The van der Waals surface area contributed by atoms with Crippen molar-refractivity contribution in [3.8, 4) is 6.07 Å². The van der Waals surface area contributed by atoms with Gasteiger partial charge in [-0.2, -0.15) is 5.26 Å². The molecule has 1 aliphatic rings. The van der Waals surface area contributed by atoms with Crippen LogP contribution in [0, 0.1) is 21.4 Å². The minimum atomic E-state index is -0.498. The van der Waals surface area contributed by atoms with Crippen molar-refractivity contribution in [1.29, 1.82) is 5.26 Å². The summed E-state index contributed by atoms with van der Waals surface area (Å²) < 4.78 is 0. The summed E-state index contributed by atoms with van der Waals surface area (Å²) in [4.78, 5) is 23.6. The van der Waals surface area contributed by atoms with Crippen LogP contribution in [0.4, 0.5) is 10.7 Å². The lowest BCUT2D eigenvalue weighted by atomic mass is 9.96. The summed E-state index contributed by atoms with van der Waals surface area (Å²) in [6, 6.07) is 7.79. The van der Waals surface area contributed by atoms with Crippen LogP contribution in [0.5, 0.6) is 0 Å². The molecule has 0 radical (unpaired) electrons. The van der Waals surface area contributed by atoms with E-state index in [4.69, 9.17) is 0 Å². The smallest absolute Gasteiger partial charge is 0.269 e. The van der Waals surface area contributed by atoms with E-state index in [1.807, 2.05) is 0 Å². The van der Waals surface area contributed by atoms with Gasteiger partial charge in [-0.05, 0) is 43.4 Å². The third kappa shape index (κ3) is 3.14. The van der Waals surface area contributed by atoms with E-state index in [2.05, 4.69) is 11.4 Å². The van der Waals surface area contributed by atoms with Gasteiger partial charge < -0.3 is 5.32 Å². The van der Waals surface area contributed by atoms with Crippen molar-refractivity contribution in [1.82, 2.24) is 0 Å². The Morgan fingerprint density at radius 1 is 1.29 bits per heavy atom. The topological polar surface area (TPSA) is 96.0 Å². The van der Waals surface area contributed by atoms with E-state index in [9.17, 15) is 20.2 Å². The minimum absolute atomic E-state index is 0.0443. The Labute approximate surface area is 142 Å². The van der Waals surface area contributed by atoms with Gasteiger partial charge in [-0.15, -0.1) is 11.3 Å². The largest absolute Gasteiger partial charge is 0.368 e. The van der Waals surface area contributed by atoms with Crippen LogP contribution in [-0.2, 0) is 12.8 Å². The Morgan fingerprint density at radius 3 is 2.67 bits per heavy atom. The van der Waals surface area contributed by atoms with Gasteiger partial charge in [-0.3, -0.25) is 14.9 Å². The van der Waals surface area contributed by atoms with Crippen molar-refractivity contribution >= 4 is 27.8 Å². The second kappa shape index (κ2) is 6.81. The molecule has 122 valence electrons. The molecule has 1 aromatic heterocycles. The highest BCUT2D eigenvalue weighted by Gasteiger charge is 2.21. The molecule has 24 heavy (non-hydrogen) atoms. The van der Waals surface area contributed by atoms with Crippen LogP contribution < -0.4 is 5.32 Å². The first-order chi connectivity index (χ1) is 11.6. The Balaban J connectivity index is 1.71. The number of nitrogens with one attached hydrogen (secondary N) is 1. The molecule has 1 aromatic carbocycles. The van der Waals surface area contributed by atoms with Gasteiger partial charge >= 0.3 is 0 Å². The van der Waals surface area contributed by atoms with Crippen LogP contribution in [0.1, 0.15) is 39.2 Å². The number of aryl methyl sites for hydroxylation is 1. The first-order valence-electron chi connectivity index (χ1n) is 7.66. The number of benzene rings is 1. The molecule has 0 unspecified atom stereocenters. The fourth-order valence-corrected chi connectivity index (χ4v) is 4.08. The first kappa shape index (κ1) is 16.1. The fraction of sp³-hybridized carbons (Fsp3) is 0.294. The average Bonchev–Trinajstić information content (AvgIpc) is 2.97. The van der Waals surface area contributed by atoms with E-state index in [0.29, 0.717) is 11.1 Å². The number of hydrogen-bond donors (Lipinski definition) is 1. The lowest BCUT2D eigenvalue weighted by molar-refractivity contribution is -0.384. The highest BCUT2D eigenvalue weighted by atomic mass is 32.1. The van der Waals surface area contributed by atoms with E-state index in [1.54, 1.807) is 11.3 Å². The Kier molecular flexibility index (Phi) is 4.58. The quantitative estimate of drug-likeness (QED) is 0.508. The average molecular weight is 341 g/mol. The number of anilines is 1. The van der Waals surface area contributed by atoms with Crippen molar-refractivity contribution in [3.63, 3.8) is 0 Å². The molecule has 0 saturated carbocycles. The molecular weight excluding hydrogens is 326 g/mol. The van der Waals surface area contributed by atoms with Gasteiger partial charge in [-0.25, -0.2) is 0 Å². The Bertz CT molecular complexity index is 834. The van der Waals surface area contributed by atoms with Gasteiger partial charge in [-0.1, -0.05) is 0 Å². The number of fused-ring (bicyclic) bond motifs is 1. The SMILES string of the molecule is N#Cc1c(NCC(=O)c2ccc([N+](=O)[O-])cc2)sc2c1CCCC2. The molecule has 3 rings (SSSR count). The normalized spacial score (nSPS) is 13.0. The van der Waals surface area contributed by atoms with Crippen molar-refractivity contribution in [3.05, 3.63) is 55.9 Å². The highest BCUT2D eigenvalue weighted by molar-refractivity contribution is 7.16. The summed E-state index contributed by atoms with van der Waals surface area (Å²) in [6.45, 7) is 0.0614. The number of nitrogens with zero attached hydrogens (tertiary/aromatic N) is 2. The second-order valence-corrected chi connectivity index (χ2v) is 6.71. The van der Waals surface area contributed by atoms with Crippen LogP contribution in [0.25, 0.3) is 0 Å². The standard InChI is InChI=1S/C17H15N3O3S/c18-9-14-13-3-1-2-4-16(13)24-17(14)19-10-15(21)11-5-7-12(8-6-11)20(22)23/h5-8,19H,1-4,10H2. The molecule has 0 bridgehead atoms. The van der Waals surface area contributed by atoms with Gasteiger partial charge in [0.1, 0.15) is 11.1 Å². The van der Waals surface area contributed by atoms with Gasteiger partial charge in [0.25, 0.3) is 5.69 Å². The lowest BCUT2D eigenvalue weighted by Crippen LogP contribution is -2.14. The van der Waals surface area contributed by atoms with Gasteiger partial charge in [0.2, 0.25) is 0 Å². The van der Waals surface area contributed by atoms with Crippen LogP contribution in [-0.4, -0.2) is 17.3 Å². The number of carbonyl (C=O) groups is 1. The first-order valence-corrected chi connectivity index (χ1v) is 8.48. The molecule has 1 aliphatic carbocycles. The molecule has 7 heteroatoms. The molecule has 6 nitrogen and oxygen atoms in total.